The third-order valence-corrected chi connectivity index (χ3v) is 3.76. The first kappa shape index (κ1) is 8.90. The molecular formula is C8H3BrFIS. The minimum atomic E-state index is -0.119. The first-order valence-corrected chi connectivity index (χ1v) is 5.95. The van der Waals surface area contributed by atoms with Crippen LogP contribution in [0.2, 0.25) is 0 Å². The second-order valence-corrected chi connectivity index (χ2v) is 5.33. The van der Waals surface area contributed by atoms with Gasteiger partial charge in [0.05, 0.1) is 0 Å². The first-order chi connectivity index (χ1) is 5.68. The van der Waals surface area contributed by atoms with Gasteiger partial charge in [-0.3, -0.25) is 0 Å². The fourth-order valence-corrected chi connectivity index (χ4v) is 4.02. The molecule has 0 aliphatic carbocycles. The number of halogens is 3. The molecule has 0 fully saturated rings. The van der Waals surface area contributed by atoms with E-state index in [1.54, 1.807) is 5.38 Å². The molecule has 0 unspecified atom stereocenters. The summed E-state index contributed by atoms with van der Waals surface area (Å²) in [4.78, 5) is 0. The number of hydrogen-bond donors (Lipinski definition) is 0. The summed E-state index contributed by atoms with van der Waals surface area (Å²) >= 11 is 6.95. The van der Waals surface area contributed by atoms with Crippen molar-refractivity contribution in [3.05, 3.63) is 31.4 Å². The Hall–Kier alpha value is 0.320. The molecule has 1 heterocycles. The molecule has 4 heteroatoms. The van der Waals surface area contributed by atoms with Crippen molar-refractivity contribution >= 4 is 59.9 Å². The Morgan fingerprint density at radius 2 is 2.17 bits per heavy atom. The third kappa shape index (κ3) is 1.40. The summed E-state index contributed by atoms with van der Waals surface area (Å²) in [5, 5.41) is 2.28. The van der Waals surface area contributed by atoms with E-state index in [1.807, 2.05) is 12.1 Å². The van der Waals surface area contributed by atoms with Crippen LogP contribution in [0.3, 0.4) is 0 Å². The van der Waals surface area contributed by atoms with Crippen molar-refractivity contribution in [2.45, 2.75) is 0 Å². The van der Waals surface area contributed by atoms with Crippen molar-refractivity contribution in [1.82, 2.24) is 0 Å². The number of fused-ring (bicyclic) bond motifs is 1. The van der Waals surface area contributed by atoms with Crippen molar-refractivity contribution in [2.24, 2.45) is 0 Å². The Labute approximate surface area is 95.0 Å². The van der Waals surface area contributed by atoms with E-state index in [9.17, 15) is 4.39 Å². The lowest BCUT2D eigenvalue weighted by Gasteiger charge is -1.95. The third-order valence-electron chi connectivity index (χ3n) is 1.55. The standard InChI is InChI=1S/C8H3BrFIS/c9-4-1-6(11)8-5(10)3-12-7(8)2-4/h1-3H. The van der Waals surface area contributed by atoms with E-state index in [0.717, 1.165) is 18.1 Å². The van der Waals surface area contributed by atoms with E-state index < -0.39 is 0 Å². The zero-order valence-corrected chi connectivity index (χ0v) is 10.3. The second-order valence-electron chi connectivity index (χ2n) is 2.34. The minimum absolute atomic E-state index is 0.119. The molecule has 12 heavy (non-hydrogen) atoms. The van der Waals surface area contributed by atoms with Crippen LogP contribution in [0.15, 0.2) is 22.0 Å². The molecule has 0 aliphatic heterocycles. The summed E-state index contributed by atoms with van der Waals surface area (Å²) in [5.74, 6) is -0.119. The number of benzene rings is 1. The van der Waals surface area contributed by atoms with E-state index in [1.165, 1.54) is 11.3 Å². The molecule has 62 valence electrons. The molecule has 0 aliphatic rings. The van der Waals surface area contributed by atoms with Crippen LogP contribution in [0.25, 0.3) is 10.1 Å². The van der Waals surface area contributed by atoms with Gasteiger partial charge in [0.15, 0.2) is 0 Å². The summed E-state index contributed by atoms with van der Waals surface area (Å²) in [6.45, 7) is 0. The van der Waals surface area contributed by atoms with E-state index in [0.29, 0.717) is 0 Å². The monoisotopic (exact) mass is 356 g/mol. The Kier molecular flexibility index (Phi) is 2.39. The highest BCUT2D eigenvalue weighted by Gasteiger charge is 2.07. The van der Waals surface area contributed by atoms with E-state index in [2.05, 4.69) is 38.5 Å². The van der Waals surface area contributed by atoms with Crippen molar-refractivity contribution in [3.8, 4) is 0 Å². The SMILES string of the molecule is Fc1csc2cc(Br)cc(I)c12. The van der Waals surface area contributed by atoms with Gasteiger partial charge in [-0.05, 0) is 34.7 Å². The average Bonchev–Trinajstić information content (AvgIpc) is 2.31. The Bertz CT molecular complexity index is 438. The number of thiophene rings is 1. The summed E-state index contributed by atoms with van der Waals surface area (Å²) < 4.78 is 16.1. The van der Waals surface area contributed by atoms with Gasteiger partial charge in [0.1, 0.15) is 5.82 Å². The number of rotatable bonds is 0. The summed E-state index contributed by atoms with van der Waals surface area (Å²) in [6, 6.07) is 3.85. The van der Waals surface area contributed by atoms with Crippen molar-refractivity contribution in [2.75, 3.05) is 0 Å². The van der Waals surface area contributed by atoms with Gasteiger partial charge in [0.2, 0.25) is 0 Å². The maximum absolute atomic E-state index is 13.1. The predicted octanol–water partition coefficient (Wildman–Crippen LogP) is 4.41. The van der Waals surface area contributed by atoms with Crippen LogP contribution < -0.4 is 0 Å². The van der Waals surface area contributed by atoms with Gasteiger partial charge in [0.25, 0.3) is 0 Å². The zero-order valence-electron chi connectivity index (χ0n) is 5.77. The molecule has 0 saturated carbocycles. The lowest BCUT2D eigenvalue weighted by atomic mass is 10.3. The van der Waals surface area contributed by atoms with Gasteiger partial charge in [-0.15, -0.1) is 11.3 Å². The highest BCUT2D eigenvalue weighted by molar-refractivity contribution is 14.1. The van der Waals surface area contributed by atoms with Gasteiger partial charge in [0, 0.05) is 23.5 Å². The molecule has 0 N–H and O–H groups in total. The molecule has 2 rings (SSSR count). The van der Waals surface area contributed by atoms with Crippen LogP contribution >= 0.6 is 49.9 Å². The fraction of sp³-hybridized carbons (Fsp3) is 0. The molecule has 0 spiro atoms. The van der Waals surface area contributed by atoms with Gasteiger partial charge in [-0.2, -0.15) is 0 Å². The fourth-order valence-electron chi connectivity index (χ4n) is 1.05. The molecule has 0 nitrogen and oxygen atoms in total. The molecule has 1 aromatic heterocycles. The molecular weight excluding hydrogens is 354 g/mol. The van der Waals surface area contributed by atoms with Gasteiger partial charge >= 0.3 is 0 Å². The van der Waals surface area contributed by atoms with E-state index in [-0.39, 0.29) is 5.82 Å². The van der Waals surface area contributed by atoms with Crippen molar-refractivity contribution < 1.29 is 4.39 Å². The van der Waals surface area contributed by atoms with Crippen LogP contribution in [-0.4, -0.2) is 0 Å². The maximum Gasteiger partial charge on any atom is 0.142 e. The van der Waals surface area contributed by atoms with E-state index in [4.69, 9.17) is 0 Å². The molecule has 0 bridgehead atoms. The summed E-state index contributed by atoms with van der Waals surface area (Å²) in [7, 11) is 0. The lowest BCUT2D eigenvalue weighted by molar-refractivity contribution is 0.644. The predicted molar refractivity (Wildman–Crippen MR) is 62.2 cm³/mol. The maximum atomic E-state index is 13.1. The second kappa shape index (κ2) is 3.23. The quantitative estimate of drug-likeness (QED) is 0.613. The molecule has 0 atom stereocenters. The molecule has 1 aromatic carbocycles. The highest BCUT2D eigenvalue weighted by atomic mass is 127. The average molecular weight is 357 g/mol. The smallest absolute Gasteiger partial charge is 0.142 e. The molecule has 2 aromatic rings. The highest BCUT2D eigenvalue weighted by Crippen LogP contribution is 2.31. The first-order valence-electron chi connectivity index (χ1n) is 3.20. The van der Waals surface area contributed by atoms with Crippen LogP contribution in [0.5, 0.6) is 0 Å². The van der Waals surface area contributed by atoms with Crippen LogP contribution in [0.4, 0.5) is 4.39 Å². The van der Waals surface area contributed by atoms with Crippen LogP contribution in [0, 0.1) is 9.39 Å². The van der Waals surface area contributed by atoms with Crippen molar-refractivity contribution in [1.29, 1.82) is 0 Å². The molecule has 0 amide bonds. The van der Waals surface area contributed by atoms with Gasteiger partial charge in [-0.25, -0.2) is 4.39 Å². The topological polar surface area (TPSA) is 0 Å². The summed E-state index contributed by atoms with van der Waals surface area (Å²) in [6.07, 6.45) is 0. The van der Waals surface area contributed by atoms with Crippen LogP contribution in [0.1, 0.15) is 0 Å². The lowest BCUT2D eigenvalue weighted by Crippen LogP contribution is -1.76. The minimum Gasteiger partial charge on any atom is -0.205 e. The largest absolute Gasteiger partial charge is 0.205 e. The number of hydrogen-bond acceptors (Lipinski definition) is 1. The normalized spacial score (nSPS) is 10.9. The Balaban J connectivity index is 2.93. The van der Waals surface area contributed by atoms with Crippen molar-refractivity contribution in [3.63, 3.8) is 0 Å². The molecule has 0 saturated heterocycles. The summed E-state index contributed by atoms with van der Waals surface area (Å²) in [5.41, 5.74) is 0. The van der Waals surface area contributed by atoms with Gasteiger partial charge < -0.3 is 0 Å². The zero-order chi connectivity index (χ0) is 8.72. The molecule has 0 radical (unpaired) electrons. The Morgan fingerprint density at radius 3 is 2.92 bits per heavy atom. The van der Waals surface area contributed by atoms with Gasteiger partial charge in [-0.1, -0.05) is 15.9 Å². The van der Waals surface area contributed by atoms with E-state index >= 15 is 0 Å². The van der Waals surface area contributed by atoms with Crippen LogP contribution in [-0.2, 0) is 0 Å². The Morgan fingerprint density at radius 1 is 1.42 bits per heavy atom.